The van der Waals surface area contributed by atoms with E-state index in [1.807, 2.05) is 61.5 Å². The summed E-state index contributed by atoms with van der Waals surface area (Å²) in [7, 11) is 0. The van der Waals surface area contributed by atoms with Gasteiger partial charge >= 0.3 is 0 Å². The minimum Gasteiger partial charge on any atom is -0.382 e. The van der Waals surface area contributed by atoms with Crippen LogP contribution in [0.1, 0.15) is 42.7 Å². The van der Waals surface area contributed by atoms with Crippen LogP contribution in [-0.2, 0) is 0 Å². The maximum Gasteiger partial charge on any atom is 0.253 e. The van der Waals surface area contributed by atoms with Gasteiger partial charge in [-0.25, -0.2) is 0 Å². The van der Waals surface area contributed by atoms with E-state index >= 15 is 0 Å². The topological polar surface area (TPSA) is 41.1 Å². The molecule has 0 fully saturated rings. The number of hydrogen-bond donors (Lipinski definition) is 2. The number of carbonyl (C=O) groups is 1. The van der Waals surface area contributed by atoms with Crippen molar-refractivity contribution < 1.29 is 4.79 Å². The van der Waals surface area contributed by atoms with Crippen molar-refractivity contribution in [3.05, 3.63) is 65.7 Å². The molecule has 110 valence electrons. The Labute approximate surface area is 126 Å². The molecule has 0 radical (unpaired) electrons. The Hall–Kier alpha value is -2.29. The number of para-hydroxylation sites is 1. The lowest BCUT2D eigenvalue weighted by Crippen LogP contribution is -2.27. The molecule has 0 saturated carbocycles. The predicted octanol–water partition coefficient (Wildman–Crippen LogP) is 4.00. The van der Waals surface area contributed by atoms with Gasteiger partial charge in [0.2, 0.25) is 0 Å². The summed E-state index contributed by atoms with van der Waals surface area (Å²) < 4.78 is 0. The molecule has 1 atom stereocenters. The van der Waals surface area contributed by atoms with E-state index in [-0.39, 0.29) is 18.0 Å². The van der Waals surface area contributed by atoms with Crippen molar-refractivity contribution >= 4 is 11.6 Å². The SMILES string of the molecule is CC(C)Nc1ccccc1C(=O)NC(C)c1ccccc1. The Balaban J connectivity index is 2.14. The first-order valence-corrected chi connectivity index (χ1v) is 7.29. The summed E-state index contributed by atoms with van der Waals surface area (Å²) in [6.45, 7) is 6.11. The van der Waals surface area contributed by atoms with Crippen LogP contribution in [0.4, 0.5) is 5.69 Å². The molecule has 0 saturated heterocycles. The second kappa shape index (κ2) is 6.93. The lowest BCUT2D eigenvalue weighted by Gasteiger charge is -2.18. The van der Waals surface area contributed by atoms with E-state index in [0.717, 1.165) is 11.3 Å². The predicted molar refractivity (Wildman–Crippen MR) is 87.5 cm³/mol. The number of nitrogens with one attached hydrogen (secondary N) is 2. The van der Waals surface area contributed by atoms with Crippen molar-refractivity contribution in [3.8, 4) is 0 Å². The highest BCUT2D eigenvalue weighted by Crippen LogP contribution is 2.18. The van der Waals surface area contributed by atoms with Gasteiger partial charge in [0.25, 0.3) is 5.91 Å². The molecule has 2 rings (SSSR count). The smallest absolute Gasteiger partial charge is 0.253 e. The molecule has 2 aromatic carbocycles. The Bertz CT molecular complexity index is 593. The van der Waals surface area contributed by atoms with Gasteiger partial charge in [0.05, 0.1) is 11.6 Å². The van der Waals surface area contributed by atoms with Crippen molar-refractivity contribution in [1.29, 1.82) is 0 Å². The Morgan fingerprint density at radius 1 is 0.905 bits per heavy atom. The average molecular weight is 282 g/mol. The fourth-order valence-corrected chi connectivity index (χ4v) is 2.22. The van der Waals surface area contributed by atoms with E-state index in [1.165, 1.54) is 0 Å². The fraction of sp³-hybridized carbons (Fsp3) is 0.278. The number of hydrogen-bond acceptors (Lipinski definition) is 2. The molecule has 2 N–H and O–H groups in total. The third-order valence-corrected chi connectivity index (χ3v) is 3.26. The molecule has 3 nitrogen and oxygen atoms in total. The molecule has 2 aromatic rings. The van der Waals surface area contributed by atoms with E-state index in [4.69, 9.17) is 0 Å². The van der Waals surface area contributed by atoms with Gasteiger partial charge in [-0.1, -0.05) is 42.5 Å². The van der Waals surface area contributed by atoms with E-state index in [1.54, 1.807) is 0 Å². The van der Waals surface area contributed by atoms with Gasteiger partial charge in [0.1, 0.15) is 0 Å². The van der Waals surface area contributed by atoms with Gasteiger partial charge in [-0.2, -0.15) is 0 Å². The minimum atomic E-state index is -0.0601. The summed E-state index contributed by atoms with van der Waals surface area (Å²) in [4.78, 5) is 12.5. The van der Waals surface area contributed by atoms with Crippen molar-refractivity contribution in [2.75, 3.05) is 5.32 Å². The lowest BCUT2D eigenvalue weighted by molar-refractivity contribution is 0.0940. The first-order valence-electron chi connectivity index (χ1n) is 7.29. The average Bonchev–Trinajstić information content (AvgIpc) is 2.48. The number of rotatable bonds is 5. The summed E-state index contributed by atoms with van der Waals surface area (Å²) in [6.07, 6.45) is 0. The molecular weight excluding hydrogens is 260 g/mol. The fourth-order valence-electron chi connectivity index (χ4n) is 2.22. The van der Waals surface area contributed by atoms with Crippen LogP contribution in [0.2, 0.25) is 0 Å². The third-order valence-electron chi connectivity index (χ3n) is 3.26. The minimum absolute atomic E-state index is 0.0224. The lowest BCUT2D eigenvalue weighted by atomic mass is 10.1. The van der Waals surface area contributed by atoms with Gasteiger partial charge < -0.3 is 10.6 Å². The Kier molecular flexibility index (Phi) is 4.99. The molecule has 0 aliphatic heterocycles. The second-order valence-electron chi connectivity index (χ2n) is 5.45. The second-order valence-corrected chi connectivity index (χ2v) is 5.45. The number of amides is 1. The largest absolute Gasteiger partial charge is 0.382 e. The highest BCUT2D eigenvalue weighted by molar-refractivity contribution is 5.99. The molecule has 0 spiro atoms. The van der Waals surface area contributed by atoms with Crippen LogP contribution in [0.5, 0.6) is 0 Å². The van der Waals surface area contributed by atoms with Gasteiger partial charge in [-0.15, -0.1) is 0 Å². The molecule has 3 heteroatoms. The van der Waals surface area contributed by atoms with Crippen LogP contribution < -0.4 is 10.6 Å². The zero-order valence-electron chi connectivity index (χ0n) is 12.8. The molecule has 0 heterocycles. The highest BCUT2D eigenvalue weighted by Gasteiger charge is 2.14. The Morgan fingerprint density at radius 2 is 1.52 bits per heavy atom. The molecule has 0 aliphatic carbocycles. The van der Waals surface area contributed by atoms with E-state index in [0.29, 0.717) is 5.56 Å². The van der Waals surface area contributed by atoms with Crippen LogP contribution in [0, 0.1) is 0 Å². The monoisotopic (exact) mass is 282 g/mol. The highest BCUT2D eigenvalue weighted by atomic mass is 16.1. The normalized spacial score (nSPS) is 12.0. The number of carbonyl (C=O) groups excluding carboxylic acids is 1. The summed E-state index contributed by atoms with van der Waals surface area (Å²) in [5.74, 6) is -0.0601. The van der Waals surface area contributed by atoms with Crippen molar-refractivity contribution in [2.24, 2.45) is 0 Å². The van der Waals surface area contributed by atoms with Crippen molar-refractivity contribution in [3.63, 3.8) is 0 Å². The van der Waals surface area contributed by atoms with E-state index in [9.17, 15) is 4.79 Å². The Morgan fingerprint density at radius 3 is 2.19 bits per heavy atom. The van der Waals surface area contributed by atoms with Crippen LogP contribution in [0.25, 0.3) is 0 Å². The summed E-state index contributed by atoms with van der Waals surface area (Å²) in [5, 5.41) is 6.35. The zero-order valence-corrected chi connectivity index (χ0v) is 12.8. The van der Waals surface area contributed by atoms with E-state index < -0.39 is 0 Å². The van der Waals surface area contributed by atoms with Crippen molar-refractivity contribution in [1.82, 2.24) is 5.32 Å². The first-order chi connectivity index (χ1) is 10.1. The first kappa shape index (κ1) is 15.1. The standard InChI is InChI=1S/C18H22N2O/c1-13(2)19-17-12-8-7-11-16(17)18(21)20-14(3)15-9-5-4-6-10-15/h4-14,19H,1-3H3,(H,20,21). The molecular formula is C18H22N2O. The summed E-state index contributed by atoms with van der Waals surface area (Å²) >= 11 is 0. The quantitative estimate of drug-likeness (QED) is 0.870. The van der Waals surface area contributed by atoms with Crippen molar-refractivity contribution in [2.45, 2.75) is 32.9 Å². The molecule has 21 heavy (non-hydrogen) atoms. The van der Waals surface area contributed by atoms with Gasteiger partial charge in [0, 0.05) is 11.7 Å². The maximum atomic E-state index is 12.5. The molecule has 1 unspecified atom stereocenters. The molecule has 1 amide bonds. The zero-order chi connectivity index (χ0) is 15.2. The number of anilines is 1. The van der Waals surface area contributed by atoms with Gasteiger partial charge in [-0.3, -0.25) is 4.79 Å². The molecule has 0 aliphatic rings. The van der Waals surface area contributed by atoms with Gasteiger partial charge in [-0.05, 0) is 38.5 Å². The van der Waals surface area contributed by atoms with Crippen LogP contribution in [0.3, 0.4) is 0 Å². The summed E-state index contributed by atoms with van der Waals surface area (Å²) in [5.41, 5.74) is 2.64. The number of benzene rings is 2. The van der Waals surface area contributed by atoms with Gasteiger partial charge in [0.15, 0.2) is 0 Å². The molecule has 0 bridgehead atoms. The third kappa shape index (κ3) is 4.09. The maximum absolute atomic E-state index is 12.5. The van der Waals surface area contributed by atoms with Crippen LogP contribution in [-0.4, -0.2) is 11.9 Å². The molecule has 0 aromatic heterocycles. The summed E-state index contributed by atoms with van der Waals surface area (Å²) in [6, 6.07) is 17.8. The van der Waals surface area contributed by atoms with Crippen LogP contribution >= 0.6 is 0 Å². The van der Waals surface area contributed by atoms with E-state index in [2.05, 4.69) is 24.5 Å². The van der Waals surface area contributed by atoms with Crippen LogP contribution in [0.15, 0.2) is 54.6 Å².